The molecule has 2 nitrogen and oxygen atoms in total. The molecule has 0 spiro atoms. The maximum Gasteiger partial charge on any atom is 0.170 e. The topological polar surface area (TPSA) is 18.5 Å². The first-order chi connectivity index (χ1) is 9.67. The molecule has 20 heavy (non-hydrogen) atoms. The molecule has 0 amide bonds. The van der Waals surface area contributed by atoms with Gasteiger partial charge in [-0.15, -0.1) is 0 Å². The molecule has 1 heterocycles. The van der Waals surface area contributed by atoms with Crippen LogP contribution in [0.1, 0.15) is 43.7 Å². The molecule has 1 aliphatic heterocycles. The van der Waals surface area contributed by atoms with Crippen molar-refractivity contribution in [2.45, 2.75) is 39.5 Å². The van der Waals surface area contributed by atoms with Crippen LogP contribution in [0.2, 0.25) is 0 Å². The van der Waals surface area contributed by atoms with Gasteiger partial charge in [0.15, 0.2) is 23.0 Å². The zero-order chi connectivity index (χ0) is 14.1. The van der Waals surface area contributed by atoms with Crippen LogP contribution in [0, 0.1) is 6.92 Å². The summed E-state index contributed by atoms with van der Waals surface area (Å²) in [6.45, 7) is 6.53. The minimum Gasteiger partial charge on any atom is -0.450 e. The predicted octanol–water partition coefficient (Wildman–Crippen LogP) is 5.80. The zero-order valence-corrected chi connectivity index (χ0v) is 12.3. The zero-order valence-electron chi connectivity index (χ0n) is 12.3. The van der Waals surface area contributed by atoms with E-state index in [1.807, 2.05) is 24.3 Å². The van der Waals surface area contributed by atoms with E-state index in [-0.39, 0.29) is 0 Å². The largest absolute Gasteiger partial charge is 0.450 e. The van der Waals surface area contributed by atoms with Crippen molar-refractivity contribution in [1.82, 2.24) is 0 Å². The van der Waals surface area contributed by atoms with E-state index in [2.05, 4.69) is 32.9 Å². The Balaban J connectivity index is 1.92. The molecule has 0 aliphatic carbocycles. The predicted molar refractivity (Wildman–Crippen MR) is 81.1 cm³/mol. The lowest BCUT2D eigenvalue weighted by Crippen LogP contribution is -2.01. The Morgan fingerprint density at radius 1 is 0.900 bits per heavy atom. The van der Waals surface area contributed by atoms with Crippen molar-refractivity contribution in [2.24, 2.45) is 0 Å². The molecule has 0 N–H and O–H groups in total. The minimum absolute atomic E-state index is 0.549. The fourth-order valence-electron chi connectivity index (χ4n) is 2.61. The second kappa shape index (κ2) is 5.20. The van der Waals surface area contributed by atoms with Crippen molar-refractivity contribution < 1.29 is 9.47 Å². The molecule has 2 aromatic carbocycles. The quantitative estimate of drug-likeness (QED) is 0.598. The van der Waals surface area contributed by atoms with E-state index in [4.69, 9.17) is 9.47 Å². The van der Waals surface area contributed by atoms with Crippen LogP contribution in [0.3, 0.4) is 0 Å². The highest BCUT2D eigenvalue weighted by Crippen LogP contribution is 2.46. The highest BCUT2D eigenvalue weighted by Gasteiger charge is 2.19. The van der Waals surface area contributed by atoms with Crippen LogP contribution >= 0.6 is 0 Å². The van der Waals surface area contributed by atoms with Crippen molar-refractivity contribution in [2.75, 3.05) is 0 Å². The molecule has 2 aromatic rings. The number of ether oxygens (including phenoxy) is 2. The molecule has 104 valence electrons. The van der Waals surface area contributed by atoms with E-state index in [0.29, 0.717) is 5.92 Å². The van der Waals surface area contributed by atoms with E-state index in [1.54, 1.807) is 0 Å². The van der Waals surface area contributed by atoms with E-state index in [0.717, 1.165) is 23.0 Å². The molecule has 0 saturated carbocycles. The SMILES string of the molecule is CCCC(C)c1ccc2c(c1)Oc1cc(C)ccc1O2. The molecular formula is C18H20O2. The van der Waals surface area contributed by atoms with Crippen LogP contribution in [-0.4, -0.2) is 0 Å². The van der Waals surface area contributed by atoms with Crippen molar-refractivity contribution in [3.05, 3.63) is 47.5 Å². The molecule has 3 rings (SSSR count). The number of rotatable bonds is 3. The standard InChI is InChI=1S/C18H20O2/c1-4-5-13(3)14-7-9-16-18(11-14)20-17-10-12(2)6-8-15(17)19-16/h6-11,13H,4-5H2,1-3H3. The van der Waals surface area contributed by atoms with Crippen molar-refractivity contribution in [1.29, 1.82) is 0 Å². The van der Waals surface area contributed by atoms with E-state index in [9.17, 15) is 0 Å². The van der Waals surface area contributed by atoms with Gasteiger partial charge in [0.05, 0.1) is 0 Å². The maximum atomic E-state index is 6.00. The van der Waals surface area contributed by atoms with Crippen LogP contribution in [0.4, 0.5) is 0 Å². The Morgan fingerprint density at radius 3 is 2.30 bits per heavy atom. The molecule has 1 atom stereocenters. The summed E-state index contributed by atoms with van der Waals surface area (Å²) >= 11 is 0. The third kappa shape index (κ3) is 2.38. The Kier molecular flexibility index (Phi) is 3.39. The van der Waals surface area contributed by atoms with Crippen molar-refractivity contribution >= 4 is 0 Å². The fraction of sp³-hybridized carbons (Fsp3) is 0.333. The van der Waals surface area contributed by atoms with Crippen LogP contribution in [0.5, 0.6) is 23.0 Å². The molecule has 2 heteroatoms. The third-order valence-electron chi connectivity index (χ3n) is 3.80. The van der Waals surface area contributed by atoms with E-state index in [1.165, 1.54) is 24.0 Å². The van der Waals surface area contributed by atoms with E-state index >= 15 is 0 Å². The lowest BCUT2D eigenvalue weighted by Gasteiger charge is -2.22. The Labute approximate surface area is 120 Å². The number of aryl methyl sites for hydroxylation is 1. The Morgan fingerprint density at radius 2 is 1.55 bits per heavy atom. The van der Waals surface area contributed by atoms with Crippen LogP contribution < -0.4 is 9.47 Å². The minimum atomic E-state index is 0.549. The van der Waals surface area contributed by atoms with Crippen molar-refractivity contribution in [3.8, 4) is 23.0 Å². The molecule has 0 fully saturated rings. The summed E-state index contributed by atoms with van der Waals surface area (Å²) in [5.74, 6) is 3.76. The average molecular weight is 268 g/mol. The first-order valence-electron chi connectivity index (χ1n) is 7.27. The summed E-state index contributed by atoms with van der Waals surface area (Å²) in [5.41, 5.74) is 2.48. The first-order valence-corrected chi connectivity index (χ1v) is 7.27. The van der Waals surface area contributed by atoms with E-state index < -0.39 is 0 Å². The van der Waals surface area contributed by atoms with Crippen LogP contribution in [0.15, 0.2) is 36.4 Å². The van der Waals surface area contributed by atoms with Gasteiger partial charge in [0.25, 0.3) is 0 Å². The molecule has 0 bridgehead atoms. The smallest absolute Gasteiger partial charge is 0.170 e. The molecule has 0 saturated heterocycles. The molecule has 0 aromatic heterocycles. The normalized spacial score (nSPS) is 13.8. The number of hydrogen-bond acceptors (Lipinski definition) is 2. The number of hydrogen-bond donors (Lipinski definition) is 0. The fourth-order valence-corrected chi connectivity index (χ4v) is 2.61. The van der Waals surface area contributed by atoms with Crippen LogP contribution in [0.25, 0.3) is 0 Å². The van der Waals surface area contributed by atoms with Gasteiger partial charge in [0.1, 0.15) is 0 Å². The summed E-state index contributed by atoms with van der Waals surface area (Å²) in [4.78, 5) is 0. The van der Waals surface area contributed by atoms with Gasteiger partial charge >= 0.3 is 0 Å². The molecule has 0 radical (unpaired) electrons. The summed E-state index contributed by atoms with van der Waals surface area (Å²) < 4.78 is 11.9. The average Bonchev–Trinajstić information content (AvgIpc) is 2.44. The first kappa shape index (κ1) is 13.0. The van der Waals surface area contributed by atoms with Crippen molar-refractivity contribution in [3.63, 3.8) is 0 Å². The Hall–Kier alpha value is -1.96. The van der Waals surface area contributed by atoms with Gasteiger partial charge in [0, 0.05) is 0 Å². The van der Waals surface area contributed by atoms with Gasteiger partial charge in [-0.2, -0.15) is 0 Å². The lowest BCUT2D eigenvalue weighted by atomic mass is 9.96. The van der Waals surface area contributed by atoms with Gasteiger partial charge < -0.3 is 9.47 Å². The van der Waals surface area contributed by atoms with Crippen LogP contribution in [-0.2, 0) is 0 Å². The highest BCUT2D eigenvalue weighted by atomic mass is 16.6. The van der Waals surface area contributed by atoms with Gasteiger partial charge in [-0.25, -0.2) is 0 Å². The monoisotopic (exact) mass is 268 g/mol. The maximum absolute atomic E-state index is 6.00. The number of fused-ring (bicyclic) bond motifs is 2. The molecule has 1 unspecified atom stereocenters. The molecular weight excluding hydrogens is 248 g/mol. The van der Waals surface area contributed by atoms with Gasteiger partial charge in [-0.05, 0) is 54.7 Å². The Bertz CT molecular complexity index is 631. The summed E-state index contributed by atoms with van der Waals surface area (Å²) in [6, 6.07) is 12.3. The van der Waals surface area contributed by atoms with Gasteiger partial charge in [-0.1, -0.05) is 32.4 Å². The lowest BCUT2D eigenvalue weighted by molar-refractivity contribution is 0.358. The second-order valence-electron chi connectivity index (χ2n) is 5.55. The van der Waals surface area contributed by atoms with Gasteiger partial charge in [-0.3, -0.25) is 0 Å². The summed E-state index contributed by atoms with van der Waals surface area (Å²) in [6.07, 6.45) is 2.38. The third-order valence-corrected chi connectivity index (χ3v) is 3.80. The molecule has 1 aliphatic rings. The van der Waals surface area contributed by atoms with Gasteiger partial charge in [0.2, 0.25) is 0 Å². The second-order valence-corrected chi connectivity index (χ2v) is 5.55. The highest BCUT2D eigenvalue weighted by molar-refractivity contribution is 5.56. The summed E-state index contributed by atoms with van der Waals surface area (Å²) in [5, 5.41) is 0. The number of benzene rings is 2. The summed E-state index contributed by atoms with van der Waals surface area (Å²) in [7, 11) is 0.